The highest BCUT2D eigenvalue weighted by molar-refractivity contribution is 5.79. The van der Waals surface area contributed by atoms with Gasteiger partial charge >= 0.3 is 6.18 Å². The Kier molecular flexibility index (Phi) is 4.56. The fraction of sp³-hybridized carbons (Fsp3) is 0.533. The molecule has 1 aromatic rings. The van der Waals surface area contributed by atoms with Gasteiger partial charge in [0.15, 0.2) is 0 Å². The summed E-state index contributed by atoms with van der Waals surface area (Å²) in [6.45, 7) is -0.0578. The van der Waals surface area contributed by atoms with Crippen molar-refractivity contribution in [3.8, 4) is 0 Å². The second kappa shape index (κ2) is 6.05. The molecule has 2 N–H and O–H groups in total. The van der Waals surface area contributed by atoms with Crippen molar-refractivity contribution < 1.29 is 18.0 Å². The summed E-state index contributed by atoms with van der Waals surface area (Å²) in [7, 11) is 1.53. The maximum atomic E-state index is 12.9. The van der Waals surface area contributed by atoms with E-state index in [1.165, 1.54) is 24.1 Å². The molecule has 0 bridgehead atoms. The van der Waals surface area contributed by atoms with Crippen LogP contribution in [0.2, 0.25) is 0 Å². The van der Waals surface area contributed by atoms with Gasteiger partial charge in [-0.25, -0.2) is 0 Å². The first kappa shape index (κ1) is 15.8. The van der Waals surface area contributed by atoms with Crippen LogP contribution in [0.5, 0.6) is 0 Å². The number of hydrogen-bond acceptors (Lipinski definition) is 2. The van der Waals surface area contributed by atoms with Crippen molar-refractivity contribution in [3.63, 3.8) is 0 Å². The molecule has 1 amide bonds. The first-order valence-electron chi connectivity index (χ1n) is 6.96. The third kappa shape index (κ3) is 3.56. The number of carbonyl (C=O) groups is 1. The summed E-state index contributed by atoms with van der Waals surface area (Å²) in [6, 6.07) is 5.15. The molecule has 1 saturated carbocycles. The molecule has 3 nitrogen and oxygen atoms in total. The zero-order chi connectivity index (χ0) is 15.6. The molecule has 2 rings (SSSR count). The average molecular weight is 300 g/mol. The van der Waals surface area contributed by atoms with Crippen LogP contribution < -0.4 is 5.73 Å². The largest absolute Gasteiger partial charge is 0.416 e. The number of nitrogens with zero attached hydrogens (tertiary/aromatic N) is 1. The Labute approximate surface area is 121 Å². The highest BCUT2D eigenvalue weighted by Gasteiger charge is 2.35. The first-order chi connectivity index (χ1) is 9.80. The summed E-state index contributed by atoms with van der Waals surface area (Å²) in [5.41, 5.74) is 5.29. The standard InChI is InChI=1S/C15H19F3N2O/c1-20(14(21)11-6-4-8-13(11)19)9-10-5-2-3-7-12(10)15(16,17)18/h2-3,5,7,11,13H,4,6,8-9,19H2,1H3. The maximum absolute atomic E-state index is 12.9. The number of hydrogen-bond donors (Lipinski definition) is 1. The van der Waals surface area contributed by atoms with Gasteiger partial charge in [0.25, 0.3) is 0 Å². The topological polar surface area (TPSA) is 46.3 Å². The number of amides is 1. The van der Waals surface area contributed by atoms with Crippen molar-refractivity contribution >= 4 is 5.91 Å². The Morgan fingerprint density at radius 3 is 2.57 bits per heavy atom. The van der Waals surface area contributed by atoms with Crippen molar-refractivity contribution in [1.82, 2.24) is 4.90 Å². The minimum Gasteiger partial charge on any atom is -0.341 e. The fourth-order valence-electron chi connectivity index (χ4n) is 2.85. The number of rotatable bonds is 3. The highest BCUT2D eigenvalue weighted by atomic mass is 19.4. The normalized spacial score (nSPS) is 22.3. The zero-order valence-electron chi connectivity index (χ0n) is 11.9. The van der Waals surface area contributed by atoms with E-state index in [2.05, 4.69) is 0 Å². The van der Waals surface area contributed by atoms with E-state index in [1.807, 2.05) is 0 Å². The summed E-state index contributed by atoms with van der Waals surface area (Å²) < 4.78 is 38.8. The molecular weight excluding hydrogens is 281 g/mol. The van der Waals surface area contributed by atoms with Gasteiger partial charge in [0.05, 0.1) is 11.5 Å². The van der Waals surface area contributed by atoms with Gasteiger partial charge < -0.3 is 10.6 Å². The van der Waals surface area contributed by atoms with Gasteiger partial charge in [-0.15, -0.1) is 0 Å². The van der Waals surface area contributed by atoms with E-state index in [1.54, 1.807) is 6.07 Å². The van der Waals surface area contributed by atoms with Gasteiger partial charge in [0.2, 0.25) is 5.91 Å². The SMILES string of the molecule is CN(Cc1ccccc1C(F)(F)F)C(=O)C1CCCC1N. The van der Waals surface area contributed by atoms with Crippen LogP contribution in [0.4, 0.5) is 13.2 Å². The Morgan fingerprint density at radius 1 is 1.33 bits per heavy atom. The Morgan fingerprint density at radius 2 is 2.00 bits per heavy atom. The molecule has 21 heavy (non-hydrogen) atoms. The molecule has 0 saturated heterocycles. The highest BCUT2D eigenvalue weighted by Crippen LogP contribution is 2.33. The lowest BCUT2D eigenvalue weighted by Crippen LogP contribution is -2.39. The summed E-state index contributed by atoms with van der Waals surface area (Å²) in [4.78, 5) is 13.6. The van der Waals surface area contributed by atoms with Crippen LogP contribution in [0.15, 0.2) is 24.3 Å². The number of halogens is 3. The lowest BCUT2D eigenvalue weighted by molar-refractivity contribution is -0.140. The third-order valence-corrected chi connectivity index (χ3v) is 3.99. The molecule has 1 aliphatic carbocycles. The smallest absolute Gasteiger partial charge is 0.341 e. The lowest BCUT2D eigenvalue weighted by atomic mass is 10.0. The number of benzene rings is 1. The van der Waals surface area contributed by atoms with Gasteiger partial charge in [-0.05, 0) is 24.5 Å². The zero-order valence-corrected chi connectivity index (χ0v) is 11.9. The van der Waals surface area contributed by atoms with Crippen molar-refractivity contribution in [2.45, 2.75) is 38.0 Å². The fourth-order valence-corrected chi connectivity index (χ4v) is 2.85. The minimum atomic E-state index is -4.41. The maximum Gasteiger partial charge on any atom is 0.416 e. The van der Waals surface area contributed by atoms with Gasteiger partial charge in [0, 0.05) is 19.6 Å². The molecule has 0 aliphatic heterocycles. The monoisotopic (exact) mass is 300 g/mol. The van der Waals surface area contributed by atoms with Crippen molar-refractivity contribution in [2.24, 2.45) is 11.7 Å². The summed E-state index contributed by atoms with van der Waals surface area (Å²) >= 11 is 0. The van der Waals surface area contributed by atoms with E-state index in [0.717, 1.165) is 18.9 Å². The predicted octanol–water partition coefficient (Wildman–Crippen LogP) is 2.79. The Balaban J connectivity index is 2.13. The van der Waals surface area contributed by atoms with Crippen LogP contribution in [0.25, 0.3) is 0 Å². The Hall–Kier alpha value is -1.56. The second-order valence-corrected chi connectivity index (χ2v) is 5.55. The van der Waals surface area contributed by atoms with E-state index >= 15 is 0 Å². The molecule has 2 unspecified atom stereocenters. The summed E-state index contributed by atoms with van der Waals surface area (Å²) in [5, 5.41) is 0. The van der Waals surface area contributed by atoms with Gasteiger partial charge in [0.1, 0.15) is 0 Å². The molecular formula is C15H19F3N2O. The first-order valence-corrected chi connectivity index (χ1v) is 6.96. The molecule has 6 heteroatoms. The quantitative estimate of drug-likeness (QED) is 0.933. The Bertz CT molecular complexity index is 516. The average Bonchev–Trinajstić information content (AvgIpc) is 2.83. The molecule has 2 atom stereocenters. The van der Waals surface area contributed by atoms with Gasteiger partial charge in [-0.3, -0.25) is 4.79 Å². The molecule has 0 aromatic heterocycles. The molecule has 1 fully saturated rings. The number of carbonyl (C=O) groups excluding carboxylic acids is 1. The molecule has 1 aromatic carbocycles. The van der Waals surface area contributed by atoms with Crippen LogP contribution in [0.1, 0.15) is 30.4 Å². The van der Waals surface area contributed by atoms with Crippen molar-refractivity contribution in [2.75, 3.05) is 7.05 Å². The molecule has 0 spiro atoms. The van der Waals surface area contributed by atoms with E-state index < -0.39 is 11.7 Å². The third-order valence-electron chi connectivity index (χ3n) is 3.99. The van der Waals surface area contributed by atoms with E-state index in [9.17, 15) is 18.0 Å². The van der Waals surface area contributed by atoms with Gasteiger partial charge in [-0.1, -0.05) is 24.6 Å². The van der Waals surface area contributed by atoms with Crippen molar-refractivity contribution in [1.29, 1.82) is 0 Å². The van der Waals surface area contributed by atoms with Crippen LogP contribution in [-0.4, -0.2) is 23.9 Å². The molecule has 0 radical (unpaired) electrons. The van der Waals surface area contributed by atoms with E-state index in [-0.39, 0.29) is 30.0 Å². The predicted molar refractivity (Wildman–Crippen MR) is 73.2 cm³/mol. The number of alkyl halides is 3. The van der Waals surface area contributed by atoms with Crippen LogP contribution in [0, 0.1) is 5.92 Å². The molecule has 0 heterocycles. The van der Waals surface area contributed by atoms with E-state index in [0.29, 0.717) is 6.42 Å². The van der Waals surface area contributed by atoms with E-state index in [4.69, 9.17) is 5.73 Å². The minimum absolute atomic E-state index is 0.0578. The van der Waals surface area contributed by atoms with Crippen LogP contribution in [0.3, 0.4) is 0 Å². The van der Waals surface area contributed by atoms with Gasteiger partial charge in [-0.2, -0.15) is 13.2 Å². The lowest BCUT2D eigenvalue weighted by Gasteiger charge is -2.24. The molecule has 1 aliphatic rings. The summed E-state index contributed by atoms with van der Waals surface area (Å²) in [6.07, 6.45) is -2.01. The number of nitrogens with two attached hydrogens (primary N) is 1. The van der Waals surface area contributed by atoms with Crippen molar-refractivity contribution in [3.05, 3.63) is 35.4 Å². The van der Waals surface area contributed by atoms with Crippen LogP contribution >= 0.6 is 0 Å². The van der Waals surface area contributed by atoms with Crippen LogP contribution in [-0.2, 0) is 17.5 Å². The second-order valence-electron chi connectivity index (χ2n) is 5.55. The molecule has 116 valence electrons. The summed E-state index contributed by atoms with van der Waals surface area (Å²) in [5.74, 6) is -0.440.